The van der Waals surface area contributed by atoms with Gasteiger partial charge in [0.25, 0.3) is 0 Å². The number of likely N-dealkylation sites (N-methyl/N-ethyl adjacent to an activating group) is 1. The first kappa shape index (κ1) is 13.0. The van der Waals surface area contributed by atoms with E-state index in [1.807, 2.05) is 25.1 Å². The summed E-state index contributed by atoms with van der Waals surface area (Å²) in [6.45, 7) is 5.51. The highest BCUT2D eigenvalue weighted by molar-refractivity contribution is 5.09. The molecule has 3 heterocycles. The number of hydrogen-bond donors (Lipinski definition) is 0. The summed E-state index contributed by atoms with van der Waals surface area (Å²) in [5.41, 5.74) is 2.13. The number of ether oxygens (including phenoxy) is 2. The summed E-state index contributed by atoms with van der Waals surface area (Å²) in [5, 5.41) is 0. The fourth-order valence-corrected chi connectivity index (χ4v) is 3.17. The third kappa shape index (κ3) is 2.96. The molecule has 0 amide bonds. The van der Waals surface area contributed by atoms with Crippen LogP contribution in [0.2, 0.25) is 0 Å². The van der Waals surface area contributed by atoms with Crippen molar-refractivity contribution in [2.24, 2.45) is 0 Å². The van der Waals surface area contributed by atoms with E-state index < -0.39 is 0 Å². The second-order valence-electron chi connectivity index (χ2n) is 5.90. The molecule has 0 saturated carbocycles. The van der Waals surface area contributed by atoms with Gasteiger partial charge in [-0.3, -0.25) is 4.98 Å². The maximum atomic E-state index is 6.03. The Kier molecular flexibility index (Phi) is 3.56. The predicted molar refractivity (Wildman–Crippen MR) is 73.0 cm³/mol. The SMILES string of the molecule is Cc1cccc(COC2CCOC3(C2)CN(C)C3)n1. The normalized spacial score (nSPS) is 26.3. The summed E-state index contributed by atoms with van der Waals surface area (Å²) in [5.74, 6) is 0. The summed E-state index contributed by atoms with van der Waals surface area (Å²) in [4.78, 5) is 6.77. The van der Waals surface area contributed by atoms with E-state index in [1.165, 1.54) is 0 Å². The third-order valence-electron chi connectivity index (χ3n) is 3.98. The fraction of sp³-hybridized carbons (Fsp3) is 0.667. The molecule has 2 aliphatic rings. The van der Waals surface area contributed by atoms with Crippen molar-refractivity contribution in [3.8, 4) is 0 Å². The van der Waals surface area contributed by atoms with E-state index >= 15 is 0 Å². The van der Waals surface area contributed by atoms with Crippen molar-refractivity contribution in [1.29, 1.82) is 0 Å². The second-order valence-corrected chi connectivity index (χ2v) is 5.90. The Hall–Kier alpha value is -0.970. The largest absolute Gasteiger partial charge is 0.372 e. The maximum absolute atomic E-state index is 6.03. The van der Waals surface area contributed by atoms with Crippen LogP contribution in [0.1, 0.15) is 24.2 Å². The molecule has 1 aromatic rings. The molecule has 0 radical (unpaired) electrons. The summed E-state index contributed by atoms with van der Waals surface area (Å²) in [6.07, 6.45) is 2.32. The Balaban J connectivity index is 1.53. The highest BCUT2D eigenvalue weighted by Gasteiger charge is 2.46. The number of pyridine rings is 1. The molecule has 1 aromatic heterocycles. The first-order valence-corrected chi connectivity index (χ1v) is 7.02. The average molecular weight is 262 g/mol. The summed E-state index contributed by atoms with van der Waals surface area (Å²) in [6, 6.07) is 6.07. The zero-order valence-corrected chi connectivity index (χ0v) is 11.8. The standard InChI is InChI=1S/C15H22N2O2/c1-12-4-3-5-13(16-12)9-18-14-6-7-19-15(8-14)10-17(2)11-15/h3-5,14H,6-11H2,1-2H3. The summed E-state index contributed by atoms with van der Waals surface area (Å²) < 4.78 is 12.0. The van der Waals surface area contributed by atoms with Gasteiger partial charge in [-0.15, -0.1) is 0 Å². The number of hydrogen-bond acceptors (Lipinski definition) is 4. The Bertz CT molecular complexity index is 438. The van der Waals surface area contributed by atoms with Gasteiger partial charge in [0, 0.05) is 31.8 Å². The highest BCUT2D eigenvalue weighted by Crippen LogP contribution is 2.34. The second kappa shape index (κ2) is 5.19. The van der Waals surface area contributed by atoms with Crippen LogP contribution in [0, 0.1) is 6.92 Å². The van der Waals surface area contributed by atoms with Crippen LogP contribution in [-0.2, 0) is 16.1 Å². The number of nitrogens with zero attached hydrogens (tertiary/aromatic N) is 2. The lowest BCUT2D eigenvalue weighted by atomic mass is 9.85. The van der Waals surface area contributed by atoms with Gasteiger partial charge in [0.2, 0.25) is 0 Å². The van der Waals surface area contributed by atoms with Crippen molar-refractivity contribution >= 4 is 0 Å². The molecule has 0 aliphatic carbocycles. The molecule has 3 rings (SSSR count). The smallest absolute Gasteiger partial charge is 0.0959 e. The maximum Gasteiger partial charge on any atom is 0.0959 e. The molecule has 104 valence electrons. The van der Waals surface area contributed by atoms with Gasteiger partial charge in [0.15, 0.2) is 0 Å². The minimum atomic E-state index is 0.0672. The number of likely N-dealkylation sites (tertiary alicyclic amines) is 1. The van der Waals surface area contributed by atoms with Gasteiger partial charge >= 0.3 is 0 Å². The molecule has 0 bridgehead atoms. The van der Waals surface area contributed by atoms with Crippen LogP contribution in [0.4, 0.5) is 0 Å². The van der Waals surface area contributed by atoms with Crippen molar-refractivity contribution in [3.05, 3.63) is 29.6 Å². The fourth-order valence-electron chi connectivity index (χ4n) is 3.17. The van der Waals surface area contributed by atoms with Gasteiger partial charge in [0.05, 0.1) is 24.0 Å². The van der Waals surface area contributed by atoms with Crippen molar-refractivity contribution in [1.82, 2.24) is 9.88 Å². The minimum Gasteiger partial charge on any atom is -0.372 e. The summed E-state index contributed by atoms with van der Waals surface area (Å²) in [7, 11) is 2.13. The Morgan fingerprint density at radius 2 is 2.32 bits per heavy atom. The lowest BCUT2D eigenvalue weighted by Gasteiger charge is -2.51. The van der Waals surface area contributed by atoms with E-state index in [4.69, 9.17) is 9.47 Å². The molecule has 0 N–H and O–H groups in total. The zero-order valence-electron chi connectivity index (χ0n) is 11.8. The first-order valence-electron chi connectivity index (χ1n) is 7.02. The number of rotatable bonds is 3. The van der Waals surface area contributed by atoms with Crippen molar-refractivity contribution in [2.45, 2.75) is 38.1 Å². The van der Waals surface area contributed by atoms with Crippen LogP contribution in [0.5, 0.6) is 0 Å². The monoisotopic (exact) mass is 262 g/mol. The molecular weight excluding hydrogens is 240 g/mol. The van der Waals surface area contributed by atoms with E-state index in [0.717, 1.165) is 43.9 Å². The van der Waals surface area contributed by atoms with Gasteiger partial charge < -0.3 is 14.4 Å². The van der Waals surface area contributed by atoms with Crippen molar-refractivity contribution in [2.75, 3.05) is 26.7 Å². The molecule has 1 atom stereocenters. The Labute approximate surface area is 114 Å². The lowest BCUT2D eigenvalue weighted by Crippen LogP contribution is -2.64. The minimum absolute atomic E-state index is 0.0672. The van der Waals surface area contributed by atoms with Crippen LogP contribution in [0.25, 0.3) is 0 Å². The summed E-state index contributed by atoms with van der Waals surface area (Å²) >= 11 is 0. The molecule has 1 spiro atoms. The Morgan fingerprint density at radius 3 is 3.05 bits per heavy atom. The molecule has 19 heavy (non-hydrogen) atoms. The average Bonchev–Trinajstić information content (AvgIpc) is 2.35. The van der Waals surface area contributed by atoms with E-state index in [9.17, 15) is 0 Å². The van der Waals surface area contributed by atoms with Gasteiger partial charge in [-0.05, 0) is 32.5 Å². The van der Waals surface area contributed by atoms with Crippen LogP contribution in [-0.4, -0.2) is 48.3 Å². The molecular formula is C15H22N2O2. The quantitative estimate of drug-likeness (QED) is 0.831. The van der Waals surface area contributed by atoms with Gasteiger partial charge in [-0.1, -0.05) is 6.07 Å². The third-order valence-corrected chi connectivity index (χ3v) is 3.98. The molecule has 1 unspecified atom stereocenters. The molecule has 4 heteroatoms. The van der Waals surface area contributed by atoms with E-state index in [2.05, 4.69) is 16.9 Å². The first-order chi connectivity index (χ1) is 9.15. The van der Waals surface area contributed by atoms with Gasteiger partial charge in [0.1, 0.15) is 0 Å². The van der Waals surface area contributed by atoms with E-state index in [0.29, 0.717) is 12.7 Å². The van der Waals surface area contributed by atoms with E-state index in [1.54, 1.807) is 0 Å². The van der Waals surface area contributed by atoms with Gasteiger partial charge in [-0.2, -0.15) is 0 Å². The molecule has 2 aliphatic heterocycles. The van der Waals surface area contributed by atoms with Gasteiger partial charge in [-0.25, -0.2) is 0 Å². The lowest BCUT2D eigenvalue weighted by molar-refractivity contribution is -0.193. The van der Waals surface area contributed by atoms with Crippen molar-refractivity contribution < 1.29 is 9.47 Å². The zero-order chi connectivity index (χ0) is 13.3. The van der Waals surface area contributed by atoms with Crippen LogP contribution in [0.3, 0.4) is 0 Å². The molecule has 2 fully saturated rings. The topological polar surface area (TPSA) is 34.6 Å². The number of aromatic nitrogens is 1. The molecule has 0 aromatic carbocycles. The van der Waals surface area contributed by atoms with Crippen LogP contribution in [0.15, 0.2) is 18.2 Å². The van der Waals surface area contributed by atoms with Crippen LogP contribution >= 0.6 is 0 Å². The predicted octanol–water partition coefficient (Wildman–Crippen LogP) is 1.77. The van der Waals surface area contributed by atoms with Crippen molar-refractivity contribution in [3.63, 3.8) is 0 Å². The Morgan fingerprint density at radius 1 is 1.47 bits per heavy atom. The van der Waals surface area contributed by atoms with Crippen LogP contribution < -0.4 is 0 Å². The number of aryl methyl sites for hydroxylation is 1. The molecule has 2 saturated heterocycles. The highest BCUT2D eigenvalue weighted by atomic mass is 16.5. The van der Waals surface area contributed by atoms with E-state index in [-0.39, 0.29) is 5.60 Å². The molecule has 4 nitrogen and oxygen atoms in total.